The first-order valence-electron chi connectivity index (χ1n) is 7.24. The highest BCUT2D eigenvalue weighted by atomic mass is 19.2. The molecular weight excluding hydrogens is 246 g/mol. The molecule has 2 rings (SSSR count). The molecule has 0 heterocycles. The standard InChI is InChI=1S/C16H22F2O/c1-11-9-10-13(15(18)14(11)17)16(19)12-7-5-3-2-4-6-8-12/h9-10,12,16,19H,2-8H2,1H3. The molecule has 1 fully saturated rings. The molecule has 1 atom stereocenters. The Balaban J connectivity index is 2.17. The fourth-order valence-electron chi connectivity index (χ4n) is 2.95. The van der Waals surface area contributed by atoms with Crippen molar-refractivity contribution in [1.29, 1.82) is 0 Å². The number of hydrogen-bond donors (Lipinski definition) is 1. The Morgan fingerprint density at radius 1 is 1.00 bits per heavy atom. The molecule has 1 aliphatic rings. The Morgan fingerprint density at radius 2 is 1.58 bits per heavy atom. The van der Waals surface area contributed by atoms with Gasteiger partial charge in [0, 0.05) is 5.56 Å². The molecule has 1 aromatic carbocycles. The molecule has 1 aromatic rings. The summed E-state index contributed by atoms with van der Waals surface area (Å²) < 4.78 is 27.5. The van der Waals surface area contributed by atoms with E-state index in [0.29, 0.717) is 0 Å². The monoisotopic (exact) mass is 268 g/mol. The minimum Gasteiger partial charge on any atom is -0.388 e. The average Bonchev–Trinajstić information content (AvgIpc) is 2.35. The van der Waals surface area contributed by atoms with Gasteiger partial charge in [-0.1, -0.05) is 44.2 Å². The highest BCUT2D eigenvalue weighted by Gasteiger charge is 2.25. The third kappa shape index (κ3) is 3.33. The lowest BCUT2D eigenvalue weighted by Gasteiger charge is -2.25. The fraction of sp³-hybridized carbons (Fsp3) is 0.625. The van der Waals surface area contributed by atoms with E-state index in [1.165, 1.54) is 32.3 Å². The van der Waals surface area contributed by atoms with Crippen LogP contribution in [0, 0.1) is 24.5 Å². The van der Waals surface area contributed by atoms with Crippen molar-refractivity contribution >= 4 is 0 Å². The molecule has 1 unspecified atom stereocenters. The lowest BCUT2D eigenvalue weighted by molar-refractivity contribution is 0.0872. The Labute approximate surface area is 113 Å². The van der Waals surface area contributed by atoms with E-state index in [1.54, 1.807) is 6.07 Å². The molecule has 0 bridgehead atoms. The summed E-state index contributed by atoms with van der Waals surface area (Å²) in [6.07, 6.45) is 6.65. The Hall–Kier alpha value is -0.960. The van der Waals surface area contributed by atoms with E-state index in [4.69, 9.17) is 0 Å². The van der Waals surface area contributed by atoms with E-state index in [9.17, 15) is 13.9 Å². The summed E-state index contributed by atoms with van der Waals surface area (Å²) in [6, 6.07) is 3.07. The molecule has 0 saturated heterocycles. The van der Waals surface area contributed by atoms with Crippen LogP contribution in [0.25, 0.3) is 0 Å². The highest BCUT2D eigenvalue weighted by molar-refractivity contribution is 5.27. The molecule has 0 amide bonds. The van der Waals surface area contributed by atoms with Gasteiger partial charge in [0.15, 0.2) is 11.6 Å². The van der Waals surface area contributed by atoms with Crippen molar-refractivity contribution in [3.8, 4) is 0 Å². The van der Waals surface area contributed by atoms with Crippen LogP contribution in [0.3, 0.4) is 0 Å². The number of aryl methyl sites for hydroxylation is 1. The summed E-state index contributed by atoms with van der Waals surface area (Å²) in [5.41, 5.74) is 0.403. The smallest absolute Gasteiger partial charge is 0.164 e. The van der Waals surface area contributed by atoms with Crippen LogP contribution in [0.2, 0.25) is 0 Å². The second-order valence-corrected chi connectivity index (χ2v) is 5.65. The van der Waals surface area contributed by atoms with Crippen molar-refractivity contribution in [2.45, 2.75) is 58.0 Å². The summed E-state index contributed by atoms with van der Waals surface area (Å²) in [6.45, 7) is 1.53. The number of rotatable bonds is 2. The van der Waals surface area contributed by atoms with Crippen molar-refractivity contribution in [1.82, 2.24) is 0 Å². The normalized spacial score (nSPS) is 19.8. The largest absolute Gasteiger partial charge is 0.388 e. The molecule has 19 heavy (non-hydrogen) atoms. The van der Waals surface area contributed by atoms with Crippen LogP contribution in [0.4, 0.5) is 8.78 Å². The molecule has 1 nitrogen and oxygen atoms in total. The van der Waals surface area contributed by atoms with Crippen LogP contribution in [0.1, 0.15) is 62.2 Å². The number of halogens is 2. The SMILES string of the molecule is Cc1ccc(C(O)C2CCCCCCC2)c(F)c1F. The van der Waals surface area contributed by atoms with Gasteiger partial charge >= 0.3 is 0 Å². The summed E-state index contributed by atoms with van der Waals surface area (Å²) in [4.78, 5) is 0. The van der Waals surface area contributed by atoms with E-state index < -0.39 is 17.7 Å². The van der Waals surface area contributed by atoms with Gasteiger partial charge in [0.2, 0.25) is 0 Å². The topological polar surface area (TPSA) is 20.2 Å². The van der Waals surface area contributed by atoms with Gasteiger partial charge in [-0.25, -0.2) is 8.78 Å². The Morgan fingerprint density at radius 3 is 2.21 bits per heavy atom. The van der Waals surface area contributed by atoms with Gasteiger partial charge in [0.25, 0.3) is 0 Å². The first-order chi connectivity index (χ1) is 9.11. The minimum absolute atomic E-state index is 0.0527. The highest BCUT2D eigenvalue weighted by Crippen LogP contribution is 2.34. The zero-order valence-electron chi connectivity index (χ0n) is 11.5. The number of aliphatic hydroxyl groups excluding tert-OH is 1. The molecule has 1 aliphatic carbocycles. The van der Waals surface area contributed by atoms with Crippen LogP contribution in [0.5, 0.6) is 0 Å². The fourth-order valence-corrected chi connectivity index (χ4v) is 2.95. The average molecular weight is 268 g/mol. The van der Waals surface area contributed by atoms with E-state index in [2.05, 4.69) is 0 Å². The lowest BCUT2D eigenvalue weighted by atomic mass is 9.84. The van der Waals surface area contributed by atoms with Crippen molar-refractivity contribution < 1.29 is 13.9 Å². The van der Waals surface area contributed by atoms with Gasteiger partial charge in [-0.2, -0.15) is 0 Å². The predicted octanol–water partition coefficient (Wildman–Crippen LogP) is 4.67. The van der Waals surface area contributed by atoms with Gasteiger partial charge in [0.1, 0.15) is 0 Å². The molecule has 0 spiro atoms. The van der Waals surface area contributed by atoms with Crippen LogP contribution >= 0.6 is 0 Å². The third-order valence-electron chi connectivity index (χ3n) is 4.22. The van der Waals surface area contributed by atoms with Crippen LogP contribution < -0.4 is 0 Å². The second-order valence-electron chi connectivity index (χ2n) is 5.65. The second kappa shape index (κ2) is 6.47. The third-order valence-corrected chi connectivity index (χ3v) is 4.22. The molecule has 0 aromatic heterocycles. The van der Waals surface area contributed by atoms with E-state index in [-0.39, 0.29) is 17.0 Å². The molecule has 0 aliphatic heterocycles. The maximum atomic E-state index is 13.9. The zero-order chi connectivity index (χ0) is 13.8. The molecular formula is C16H22F2O. The quantitative estimate of drug-likeness (QED) is 0.826. The number of aliphatic hydroxyl groups is 1. The van der Waals surface area contributed by atoms with Gasteiger partial charge in [-0.3, -0.25) is 0 Å². The van der Waals surface area contributed by atoms with Crippen LogP contribution in [0.15, 0.2) is 12.1 Å². The number of benzene rings is 1. The summed E-state index contributed by atoms with van der Waals surface area (Å²) >= 11 is 0. The van der Waals surface area contributed by atoms with Crippen LogP contribution in [-0.4, -0.2) is 5.11 Å². The molecule has 1 saturated carbocycles. The summed E-state index contributed by atoms with van der Waals surface area (Å²) in [7, 11) is 0. The van der Waals surface area contributed by atoms with Crippen molar-refractivity contribution in [2.75, 3.05) is 0 Å². The van der Waals surface area contributed by atoms with Crippen molar-refractivity contribution in [3.63, 3.8) is 0 Å². The summed E-state index contributed by atoms with van der Waals surface area (Å²) in [5.74, 6) is -1.66. The minimum atomic E-state index is -0.881. The predicted molar refractivity (Wildman–Crippen MR) is 71.9 cm³/mol. The molecule has 3 heteroatoms. The van der Waals surface area contributed by atoms with Crippen LogP contribution in [-0.2, 0) is 0 Å². The molecule has 1 N–H and O–H groups in total. The van der Waals surface area contributed by atoms with Crippen molar-refractivity contribution in [2.24, 2.45) is 5.92 Å². The number of hydrogen-bond acceptors (Lipinski definition) is 1. The first kappa shape index (κ1) is 14.4. The zero-order valence-corrected chi connectivity index (χ0v) is 11.5. The van der Waals surface area contributed by atoms with E-state index in [0.717, 1.165) is 25.7 Å². The van der Waals surface area contributed by atoms with E-state index >= 15 is 0 Å². The summed E-state index contributed by atoms with van der Waals surface area (Å²) in [5, 5.41) is 10.4. The van der Waals surface area contributed by atoms with E-state index in [1.807, 2.05) is 0 Å². The Bertz CT molecular complexity index is 423. The maximum Gasteiger partial charge on any atom is 0.164 e. The molecule has 106 valence electrons. The molecule has 0 radical (unpaired) electrons. The Kier molecular flexibility index (Phi) is 4.92. The maximum absolute atomic E-state index is 13.9. The van der Waals surface area contributed by atoms with Crippen molar-refractivity contribution in [3.05, 3.63) is 34.9 Å². The van der Waals surface area contributed by atoms with Gasteiger partial charge in [0.05, 0.1) is 6.10 Å². The van der Waals surface area contributed by atoms with Gasteiger partial charge in [-0.15, -0.1) is 0 Å². The van der Waals surface area contributed by atoms with Gasteiger partial charge < -0.3 is 5.11 Å². The first-order valence-corrected chi connectivity index (χ1v) is 7.24. The van der Waals surface area contributed by atoms with Gasteiger partial charge in [-0.05, 0) is 31.2 Å². The lowest BCUT2D eigenvalue weighted by Crippen LogP contribution is -2.16.